The van der Waals surface area contributed by atoms with Gasteiger partial charge in [0, 0.05) is 19.2 Å². The summed E-state index contributed by atoms with van der Waals surface area (Å²) in [6, 6.07) is 12.5. The van der Waals surface area contributed by atoms with Gasteiger partial charge in [0.2, 0.25) is 0 Å². The SMILES string of the molecule is Cc1c(NC(=O)COC(=O)C2CCN(c3nc4ccccc4o3)CC2)cccc1[N+](=O)[O-]. The molecule has 2 aromatic carbocycles. The molecule has 1 fully saturated rings. The average molecular weight is 438 g/mol. The molecule has 32 heavy (non-hydrogen) atoms. The first-order chi connectivity index (χ1) is 15.4. The Morgan fingerprint density at radius 3 is 2.69 bits per heavy atom. The summed E-state index contributed by atoms with van der Waals surface area (Å²) in [4.78, 5) is 41.5. The summed E-state index contributed by atoms with van der Waals surface area (Å²) in [5.41, 5.74) is 2.06. The Bertz CT molecular complexity index is 1130. The zero-order chi connectivity index (χ0) is 22.7. The van der Waals surface area contributed by atoms with Crippen LogP contribution in [0.25, 0.3) is 11.1 Å². The maximum absolute atomic E-state index is 12.4. The second-order valence-electron chi connectivity index (χ2n) is 7.59. The van der Waals surface area contributed by atoms with Gasteiger partial charge in [-0.2, -0.15) is 4.98 Å². The van der Waals surface area contributed by atoms with Crippen molar-refractivity contribution in [2.75, 3.05) is 29.9 Å². The number of esters is 1. The molecule has 1 aliphatic rings. The number of amides is 1. The van der Waals surface area contributed by atoms with E-state index in [0.29, 0.717) is 48.8 Å². The molecule has 0 saturated carbocycles. The molecular formula is C22H22N4O6. The lowest BCUT2D eigenvalue weighted by atomic mass is 9.97. The first-order valence-electron chi connectivity index (χ1n) is 10.2. The maximum Gasteiger partial charge on any atom is 0.309 e. The van der Waals surface area contributed by atoms with Gasteiger partial charge in [-0.05, 0) is 38.0 Å². The molecule has 1 saturated heterocycles. The highest BCUT2D eigenvalue weighted by atomic mass is 16.6. The molecule has 0 bridgehead atoms. The van der Waals surface area contributed by atoms with Gasteiger partial charge in [-0.25, -0.2) is 0 Å². The van der Waals surface area contributed by atoms with Crippen molar-refractivity contribution in [2.45, 2.75) is 19.8 Å². The van der Waals surface area contributed by atoms with Gasteiger partial charge >= 0.3 is 5.97 Å². The number of hydrogen-bond donors (Lipinski definition) is 1. The third-order valence-corrected chi connectivity index (χ3v) is 5.50. The largest absolute Gasteiger partial charge is 0.455 e. The molecule has 2 heterocycles. The Morgan fingerprint density at radius 1 is 1.22 bits per heavy atom. The third kappa shape index (κ3) is 4.53. The standard InChI is InChI=1S/C22H22N4O6/c1-14-16(6-4-7-18(14)26(29)30)23-20(27)13-31-21(28)15-9-11-25(12-10-15)22-24-17-5-2-3-8-19(17)32-22/h2-8,15H,9-13H2,1H3,(H,23,27). The highest BCUT2D eigenvalue weighted by molar-refractivity contribution is 5.94. The van der Waals surface area contributed by atoms with Crippen molar-refractivity contribution in [1.82, 2.24) is 4.98 Å². The van der Waals surface area contributed by atoms with E-state index in [0.717, 1.165) is 5.52 Å². The van der Waals surface area contributed by atoms with Crippen LogP contribution in [-0.4, -0.2) is 41.5 Å². The fraction of sp³-hybridized carbons (Fsp3) is 0.318. The Labute approximate surface area is 183 Å². The molecule has 1 aliphatic heterocycles. The Balaban J connectivity index is 1.27. The van der Waals surface area contributed by atoms with Crippen LogP contribution in [0.4, 0.5) is 17.4 Å². The fourth-order valence-corrected chi connectivity index (χ4v) is 3.70. The summed E-state index contributed by atoms with van der Waals surface area (Å²) in [6.45, 7) is 2.27. The van der Waals surface area contributed by atoms with E-state index < -0.39 is 23.4 Å². The van der Waals surface area contributed by atoms with Gasteiger partial charge in [0.15, 0.2) is 12.2 Å². The van der Waals surface area contributed by atoms with Gasteiger partial charge < -0.3 is 19.4 Å². The van der Waals surface area contributed by atoms with E-state index in [1.165, 1.54) is 12.1 Å². The van der Waals surface area contributed by atoms with E-state index in [-0.39, 0.29) is 11.6 Å². The zero-order valence-corrected chi connectivity index (χ0v) is 17.4. The zero-order valence-electron chi connectivity index (χ0n) is 17.4. The molecule has 1 amide bonds. The summed E-state index contributed by atoms with van der Waals surface area (Å²) in [5.74, 6) is -1.30. The van der Waals surface area contributed by atoms with Crippen LogP contribution in [0.2, 0.25) is 0 Å². The van der Waals surface area contributed by atoms with Crippen LogP contribution in [0.15, 0.2) is 46.9 Å². The van der Waals surface area contributed by atoms with Crippen LogP contribution in [0, 0.1) is 23.0 Å². The van der Waals surface area contributed by atoms with Crippen LogP contribution >= 0.6 is 0 Å². The van der Waals surface area contributed by atoms with Crippen LogP contribution in [0.5, 0.6) is 0 Å². The Hall–Kier alpha value is -3.95. The first kappa shape index (κ1) is 21.3. The number of nitro groups is 1. The summed E-state index contributed by atoms with van der Waals surface area (Å²) in [5, 5.41) is 13.6. The van der Waals surface area contributed by atoms with E-state index in [9.17, 15) is 19.7 Å². The van der Waals surface area contributed by atoms with Crippen LogP contribution in [0.1, 0.15) is 18.4 Å². The second kappa shape index (κ2) is 9.04. The number of piperidine rings is 1. The van der Waals surface area contributed by atoms with Crippen molar-refractivity contribution in [3.8, 4) is 0 Å². The highest BCUT2D eigenvalue weighted by Crippen LogP contribution is 2.27. The van der Waals surface area contributed by atoms with Gasteiger partial charge in [0.25, 0.3) is 17.6 Å². The fourth-order valence-electron chi connectivity index (χ4n) is 3.70. The molecule has 4 rings (SSSR count). The number of rotatable bonds is 6. The monoisotopic (exact) mass is 438 g/mol. The lowest BCUT2D eigenvalue weighted by Gasteiger charge is -2.29. The third-order valence-electron chi connectivity index (χ3n) is 5.50. The minimum absolute atomic E-state index is 0.0921. The summed E-state index contributed by atoms with van der Waals surface area (Å²) >= 11 is 0. The quantitative estimate of drug-likeness (QED) is 0.352. The van der Waals surface area contributed by atoms with E-state index in [4.69, 9.17) is 9.15 Å². The first-order valence-corrected chi connectivity index (χ1v) is 10.2. The van der Waals surface area contributed by atoms with E-state index in [2.05, 4.69) is 10.3 Å². The van der Waals surface area contributed by atoms with Gasteiger partial charge in [0.05, 0.1) is 22.1 Å². The molecule has 1 aromatic heterocycles. The molecule has 10 heteroatoms. The number of ether oxygens (including phenoxy) is 1. The molecular weight excluding hydrogens is 416 g/mol. The number of fused-ring (bicyclic) bond motifs is 1. The molecule has 0 atom stereocenters. The lowest BCUT2D eigenvalue weighted by molar-refractivity contribution is -0.385. The van der Waals surface area contributed by atoms with Crippen LogP contribution in [0.3, 0.4) is 0 Å². The number of nitrogens with one attached hydrogen (secondary N) is 1. The number of nitro benzene ring substituents is 1. The molecule has 0 aliphatic carbocycles. The van der Waals surface area contributed by atoms with Gasteiger partial charge in [-0.15, -0.1) is 0 Å². The summed E-state index contributed by atoms with van der Waals surface area (Å²) < 4.78 is 11.0. The topological polar surface area (TPSA) is 128 Å². The van der Waals surface area contributed by atoms with Crippen LogP contribution in [-0.2, 0) is 14.3 Å². The smallest absolute Gasteiger partial charge is 0.309 e. The number of para-hydroxylation sites is 2. The minimum atomic E-state index is -0.550. The normalized spacial score (nSPS) is 14.3. The summed E-state index contributed by atoms with van der Waals surface area (Å²) in [7, 11) is 0. The van der Waals surface area contributed by atoms with Crippen molar-refractivity contribution >= 4 is 40.4 Å². The van der Waals surface area contributed by atoms with E-state index in [1.807, 2.05) is 29.2 Å². The molecule has 0 unspecified atom stereocenters. The van der Waals surface area contributed by atoms with Crippen molar-refractivity contribution < 1.29 is 23.7 Å². The highest BCUT2D eigenvalue weighted by Gasteiger charge is 2.28. The minimum Gasteiger partial charge on any atom is -0.455 e. The molecule has 3 aromatic rings. The number of aromatic nitrogens is 1. The number of anilines is 2. The van der Waals surface area contributed by atoms with Crippen LogP contribution < -0.4 is 10.2 Å². The molecule has 166 valence electrons. The number of carbonyl (C=O) groups is 2. The maximum atomic E-state index is 12.4. The molecule has 10 nitrogen and oxygen atoms in total. The predicted octanol–water partition coefficient (Wildman–Crippen LogP) is 3.44. The predicted molar refractivity (Wildman–Crippen MR) is 116 cm³/mol. The summed E-state index contributed by atoms with van der Waals surface area (Å²) in [6.07, 6.45) is 1.12. The van der Waals surface area contributed by atoms with Gasteiger partial charge in [0.1, 0.15) is 5.52 Å². The number of nitrogens with zero attached hydrogens (tertiary/aromatic N) is 3. The lowest BCUT2D eigenvalue weighted by Crippen LogP contribution is -2.37. The molecule has 1 N–H and O–H groups in total. The number of benzene rings is 2. The van der Waals surface area contributed by atoms with Gasteiger partial charge in [-0.1, -0.05) is 18.2 Å². The Morgan fingerprint density at radius 2 is 1.97 bits per heavy atom. The number of carbonyl (C=O) groups excluding carboxylic acids is 2. The van der Waals surface area contributed by atoms with Gasteiger partial charge in [-0.3, -0.25) is 19.7 Å². The second-order valence-corrected chi connectivity index (χ2v) is 7.59. The van der Waals surface area contributed by atoms with Crippen molar-refractivity contribution in [1.29, 1.82) is 0 Å². The van der Waals surface area contributed by atoms with E-state index in [1.54, 1.807) is 13.0 Å². The van der Waals surface area contributed by atoms with Crippen molar-refractivity contribution in [3.63, 3.8) is 0 Å². The van der Waals surface area contributed by atoms with E-state index >= 15 is 0 Å². The van der Waals surface area contributed by atoms with Crippen molar-refractivity contribution in [3.05, 3.63) is 58.1 Å². The Kier molecular flexibility index (Phi) is 6.02. The van der Waals surface area contributed by atoms with Crippen molar-refractivity contribution in [2.24, 2.45) is 5.92 Å². The molecule has 0 radical (unpaired) electrons. The number of hydrogen-bond acceptors (Lipinski definition) is 8. The molecule has 0 spiro atoms. The average Bonchev–Trinajstić information content (AvgIpc) is 3.23. The number of oxazole rings is 1.